The Hall–Kier alpha value is -4.59. The van der Waals surface area contributed by atoms with Crippen LogP contribution < -0.4 is 9.80 Å². The molecule has 158 valence electrons. The van der Waals surface area contributed by atoms with Gasteiger partial charge in [0.25, 0.3) is 5.69 Å². The van der Waals surface area contributed by atoms with Crippen molar-refractivity contribution in [3.8, 4) is 11.8 Å². The lowest BCUT2D eigenvalue weighted by atomic mass is 10.1. The maximum atomic E-state index is 11.1. The molecule has 1 saturated heterocycles. The van der Waals surface area contributed by atoms with E-state index in [4.69, 9.17) is 0 Å². The zero-order valence-electron chi connectivity index (χ0n) is 16.9. The van der Waals surface area contributed by atoms with Gasteiger partial charge in [0.1, 0.15) is 5.82 Å². The Morgan fingerprint density at radius 2 is 1.75 bits per heavy atom. The van der Waals surface area contributed by atoms with E-state index in [9.17, 15) is 15.4 Å². The number of fused-ring (bicyclic) bond motifs is 1. The average Bonchev–Trinajstić information content (AvgIpc) is 3.33. The molecule has 0 N–H and O–H groups in total. The normalized spacial score (nSPS) is 13.8. The highest BCUT2D eigenvalue weighted by molar-refractivity contribution is 5.88. The van der Waals surface area contributed by atoms with Gasteiger partial charge in [0.15, 0.2) is 0 Å². The van der Waals surface area contributed by atoms with Crippen molar-refractivity contribution in [1.82, 2.24) is 25.2 Å². The molecule has 0 saturated carbocycles. The first-order chi connectivity index (χ1) is 15.6. The molecule has 0 bridgehead atoms. The van der Waals surface area contributed by atoms with Crippen LogP contribution in [0.2, 0.25) is 0 Å². The Morgan fingerprint density at radius 3 is 2.47 bits per heavy atom. The third-order valence-electron chi connectivity index (χ3n) is 5.45. The van der Waals surface area contributed by atoms with Gasteiger partial charge in [-0.25, -0.2) is 4.98 Å². The fraction of sp³-hybridized carbons (Fsp3) is 0.190. The van der Waals surface area contributed by atoms with Crippen molar-refractivity contribution in [1.29, 1.82) is 5.26 Å². The smallest absolute Gasteiger partial charge is 0.270 e. The molecule has 2 aromatic heterocycles. The first-order valence-electron chi connectivity index (χ1n) is 9.97. The van der Waals surface area contributed by atoms with Crippen molar-refractivity contribution < 1.29 is 4.92 Å². The summed E-state index contributed by atoms with van der Waals surface area (Å²) in [5.41, 5.74) is 1.75. The van der Waals surface area contributed by atoms with E-state index in [1.165, 1.54) is 12.1 Å². The van der Waals surface area contributed by atoms with Crippen LogP contribution >= 0.6 is 0 Å². The van der Waals surface area contributed by atoms with Gasteiger partial charge in [0, 0.05) is 43.7 Å². The number of hydrogen-bond acceptors (Lipinski definition) is 9. The highest BCUT2D eigenvalue weighted by Gasteiger charge is 2.24. The van der Waals surface area contributed by atoms with E-state index in [0.29, 0.717) is 54.4 Å². The number of nitriles is 1. The van der Waals surface area contributed by atoms with Crippen LogP contribution in [-0.4, -0.2) is 56.3 Å². The Morgan fingerprint density at radius 1 is 1.00 bits per heavy atom. The summed E-state index contributed by atoms with van der Waals surface area (Å²) < 4.78 is 1.71. The van der Waals surface area contributed by atoms with E-state index < -0.39 is 4.92 Å². The molecule has 0 amide bonds. The monoisotopic (exact) mass is 427 g/mol. The summed E-state index contributed by atoms with van der Waals surface area (Å²) in [6.45, 7) is 2.68. The molecule has 1 aliphatic heterocycles. The van der Waals surface area contributed by atoms with E-state index >= 15 is 0 Å². The van der Waals surface area contributed by atoms with Crippen LogP contribution in [0, 0.1) is 21.4 Å². The molecule has 3 heterocycles. The maximum Gasteiger partial charge on any atom is 0.270 e. The highest BCUT2D eigenvalue weighted by atomic mass is 16.6. The van der Waals surface area contributed by atoms with Crippen molar-refractivity contribution in [2.45, 2.75) is 0 Å². The zero-order valence-corrected chi connectivity index (χ0v) is 16.9. The van der Waals surface area contributed by atoms with Crippen molar-refractivity contribution in [2.24, 2.45) is 0 Å². The number of piperazine rings is 1. The summed E-state index contributed by atoms with van der Waals surface area (Å²) >= 11 is 0. The number of nitrogens with zero attached hydrogens (tertiary/aromatic N) is 9. The zero-order chi connectivity index (χ0) is 22.1. The molecular weight excluding hydrogens is 410 g/mol. The van der Waals surface area contributed by atoms with Crippen molar-refractivity contribution in [3.05, 3.63) is 70.3 Å². The SMILES string of the molecule is N#Cc1cc(N2CCN(c3nnnn3-c3ccccc3)CC2)nc2ccc([N+](=O)[O-])cc12. The number of nitro groups is 1. The quantitative estimate of drug-likeness (QED) is 0.356. The van der Waals surface area contributed by atoms with Gasteiger partial charge >= 0.3 is 0 Å². The van der Waals surface area contributed by atoms with Gasteiger partial charge in [-0.05, 0) is 34.7 Å². The summed E-state index contributed by atoms with van der Waals surface area (Å²) in [7, 11) is 0. The molecule has 0 spiro atoms. The summed E-state index contributed by atoms with van der Waals surface area (Å²) in [6, 6.07) is 17.9. The van der Waals surface area contributed by atoms with E-state index in [1.807, 2.05) is 30.3 Å². The average molecular weight is 427 g/mol. The lowest BCUT2D eigenvalue weighted by Gasteiger charge is -2.35. The van der Waals surface area contributed by atoms with Crippen LogP contribution in [0.15, 0.2) is 54.6 Å². The standard InChI is InChI=1S/C21H17N9O2/c22-14-15-12-20(23-19-7-6-17(30(31)32)13-18(15)19)27-8-10-28(11-9-27)21-24-25-26-29(21)16-4-2-1-3-5-16/h1-7,12-13H,8-11H2. The van der Waals surface area contributed by atoms with Gasteiger partial charge in [-0.3, -0.25) is 10.1 Å². The fourth-order valence-corrected chi connectivity index (χ4v) is 3.82. The summed E-state index contributed by atoms with van der Waals surface area (Å²) in [6.07, 6.45) is 0. The molecule has 11 nitrogen and oxygen atoms in total. The van der Waals surface area contributed by atoms with Gasteiger partial charge < -0.3 is 9.80 Å². The number of nitro benzene ring substituents is 1. The highest BCUT2D eigenvalue weighted by Crippen LogP contribution is 2.27. The van der Waals surface area contributed by atoms with Gasteiger partial charge in [-0.2, -0.15) is 9.94 Å². The number of rotatable bonds is 4. The number of anilines is 2. The van der Waals surface area contributed by atoms with E-state index in [0.717, 1.165) is 5.69 Å². The first kappa shape index (κ1) is 19.4. The van der Waals surface area contributed by atoms with E-state index in [1.54, 1.807) is 16.8 Å². The largest absolute Gasteiger partial charge is 0.353 e. The Labute approximate surface area is 182 Å². The number of para-hydroxylation sites is 1. The van der Waals surface area contributed by atoms with Crippen LogP contribution in [0.25, 0.3) is 16.6 Å². The molecule has 0 unspecified atom stereocenters. The molecule has 1 fully saturated rings. The minimum atomic E-state index is -0.475. The van der Waals surface area contributed by atoms with E-state index in [-0.39, 0.29) is 5.69 Å². The minimum absolute atomic E-state index is 0.0618. The van der Waals surface area contributed by atoms with Crippen LogP contribution in [0.3, 0.4) is 0 Å². The van der Waals surface area contributed by atoms with Gasteiger partial charge in [0.2, 0.25) is 5.95 Å². The molecule has 11 heteroatoms. The fourth-order valence-electron chi connectivity index (χ4n) is 3.82. The molecule has 1 aliphatic rings. The second-order valence-corrected chi connectivity index (χ2v) is 7.30. The summed E-state index contributed by atoms with van der Waals surface area (Å²) in [5, 5.41) is 33.3. The van der Waals surface area contributed by atoms with Gasteiger partial charge in [-0.1, -0.05) is 23.3 Å². The van der Waals surface area contributed by atoms with Crippen LogP contribution in [0.4, 0.5) is 17.5 Å². The van der Waals surface area contributed by atoms with Crippen molar-refractivity contribution in [3.63, 3.8) is 0 Å². The Balaban J connectivity index is 1.38. The lowest BCUT2D eigenvalue weighted by Crippen LogP contribution is -2.47. The van der Waals surface area contributed by atoms with Crippen molar-refractivity contribution in [2.75, 3.05) is 36.0 Å². The summed E-state index contributed by atoms with van der Waals surface area (Å²) in [4.78, 5) is 19.5. The molecule has 0 aliphatic carbocycles. The molecule has 32 heavy (non-hydrogen) atoms. The second-order valence-electron chi connectivity index (χ2n) is 7.30. The summed E-state index contributed by atoms with van der Waals surface area (Å²) in [5.74, 6) is 1.34. The van der Waals surface area contributed by atoms with Crippen LogP contribution in [0.1, 0.15) is 5.56 Å². The number of pyridine rings is 1. The topological polar surface area (TPSA) is 130 Å². The molecule has 0 atom stereocenters. The number of benzene rings is 2. The minimum Gasteiger partial charge on any atom is -0.353 e. The molecule has 5 rings (SSSR count). The number of tetrazole rings is 1. The predicted molar refractivity (Wildman–Crippen MR) is 117 cm³/mol. The first-order valence-corrected chi connectivity index (χ1v) is 9.97. The van der Waals surface area contributed by atoms with Gasteiger partial charge in [-0.15, -0.1) is 0 Å². The predicted octanol–water partition coefficient (Wildman–Crippen LogP) is 2.32. The number of hydrogen-bond donors (Lipinski definition) is 0. The van der Waals surface area contributed by atoms with Gasteiger partial charge in [0.05, 0.1) is 27.8 Å². The third-order valence-corrected chi connectivity index (χ3v) is 5.45. The lowest BCUT2D eigenvalue weighted by molar-refractivity contribution is -0.384. The Kier molecular flexibility index (Phi) is 4.79. The van der Waals surface area contributed by atoms with Crippen LogP contribution in [-0.2, 0) is 0 Å². The molecular formula is C21H17N9O2. The van der Waals surface area contributed by atoms with Crippen LogP contribution in [0.5, 0.6) is 0 Å². The molecule has 4 aromatic rings. The van der Waals surface area contributed by atoms with E-state index in [2.05, 4.69) is 36.4 Å². The van der Waals surface area contributed by atoms with Crippen molar-refractivity contribution >= 4 is 28.4 Å². The molecule has 2 aromatic carbocycles. The second kappa shape index (κ2) is 7.92. The third kappa shape index (κ3) is 3.43. The molecule has 0 radical (unpaired) electrons. The number of non-ortho nitro benzene ring substituents is 1. The maximum absolute atomic E-state index is 11.1. The Bertz CT molecular complexity index is 1340. The number of aromatic nitrogens is 5.